The number of imide groups is 1. The number of allylic oxidation sites excluding steroid dienone is 2. The lowest BCUT2D eigenvalue weighted by atomic mass is 9.85. The number of carbonyl (C=O) groups excluding carboxylic acids is 3. The largest absolute Gasteiger partial charge is 0.273 e. The second-order valence-corrected chi connectivity index (χ2v) is 7.30. The zero-order chi connectivity index (χ0) is 21.3. The highest BCUT2D eigenvalue weighted by Gasteiger charge is 2.50. The molecular formula is C22H19N3O5. The van der Waals surface area contributed by atoms with E-state index in [-0.39, 0.29) is 17.8 Å². The van der Waals surface area contributed by atoms with Crippen LogP contribution in [0.1, 0.15) is 28.8 Å². The van der Waals surface area contributed by atoms with Crippen LogP contribution in [0, 0.1) is 22.0 Å². The highest BCUT2D eigenvalue weighted by atomic mass is 16.6. The number of amides is 3. The summed E-state index contributed by atoms with van der Waals surface area (Å²) in [4.78, 5) is 50.0. The van der Waals surface area contributed by atoms with E-state index in [1.807, 2.05) is 18.2 Å². The third kappa shape index (κ3) is 3.47. The second-order valence-electron chi connectivity index (χ2n) is 7.30. The van der Waals surface area contributed by atoms with Gasteiger partial charge in [0, 0.05) is 17.7 Å². The van der Waals surface area contributed by atoms with Crippen molar-refractivity contribution in [1.29, 1.82) is 0 Å². The standard InChI is InChI=1S/C22H19N3O5/c26-20(16-9-6-10-17(13-16)25(29)30)23(14-15-7-2-1-3-8-15)24-21(27)18-11-4-5-12-19(18)22(24)28/h1-10,13,18-19H,11-12,14H2/t18-,19-/m0/s1. The van der Waals surface area contributed by atoms with Gasteiger partial charge in [-0.15, -0.1) is 0 Å². The Labute approximate surface area is 172 Å². The van der Waals surface area contributed by atoms with Crippen molar-refractivity contribution in [3.05, 3.63) is 88.0 Å². The third-order valence-electron chi connectivity index (χ3n) is 5.44. The summed E-state index contributed by atoms with van der Waals surface area (Å²) in [7, 11) is 0. The summed E-state index contributed by atoms with van der Waals surface area (Å²) in [5.74, 6) is -2.44. The molecule has 4 rings (SSSR count). The van der Waals surface area contributed by atoms with Crippen LogP contribution in [0.5, 0.6) is 0 Å². The Bertz CT molecular complexity index is 1020. The van der Waals surface area contributed by atoms with E-state index in [1.54, 1.807) is 24.3 Å². The Morgan fingerprint density at radius 2 is 1.63 bits per heavy atom. The van der Waals surface area contributed by atoms with Crippen molar-refractivity contribution in [3.63, 3.8) is 0 Å². The molecule has 1 aliphatic heterocycles. The summed E-state index contributed by atoms with van der Waals surface area (Å²) in [6.45, 7) is -0.00723. The molecular weight excluding hydrogens is 386 g/mol. The number of nitrogens with zero attached hydrogens (tertiary/aromatic N) is 3. The first-order valence-electron chi connectivity index (χ1n) is 9.60. The Balaban J connectivity index is 1.72. The van der Waals surface area contributed by atoms with Crippen molar-refractivity contribution in [2.75, 3.05) is 0 Å². The van der Waals surface area contributed by atoms with Crippen LogP contribution in [0.3, 0.4) is 0 Å². The first-order chi connectivity index (χ1) is 14.5. The SMILES string of the molecule is O=C(c1cccc([N+](=O)[O-])c1)N(Cc1ccccc1)N1C(=O)[C@H]2CC=CC[C@@H]2C1=O. The predicted octanol–water partition coefficient (Wildman–Crippen LogP) is 3.10. The lowest BCUT2D eigenvalue weighted by molar-refractivity contribution is -0.384. The molecule has 1 fully saturated rings. The number of hydrogen-bond donors (Lipinski definition) is 0. The normalized spacial score (nSPS) is 20.2. The molecule has 2 aromatic rings. The number of nitro groups is 1. The average Bonchev–Trinajstić information content (AvgIpc) is 3.03. The van der Waals surface area contributed by atoms with Gasteiger partial charge in [0.2, 0.25) is 0 Å². The van der Waals surface area contributed by atoms with E-state index in [0.29, 0.717) is 12.8 Å². The average molecular weight is 405 g/mol. The lowest BCUT2D eigenvalue weighted by Crippen LogP contribution is -2.49. The van der Waals surface area contributed by atoms with Crippen LogP contribution in [-0.4, -0.2) is 32.7 Å². The minimum atomic E-state index is -0.643. The molecule has 0 spiro atoms. The molecule has 2 atom stereocenters. The van der Waals surface area contributed by atoms with Gasteiger partial charge in [-0.05, 0) is 24.5 Å². The van der Waals surface area contributed by atoms with Gasteiger partial charge in [-0.1, -0.05) is 48.6 Å². The van der Waals surface area contributed by atoms with Crippen LogP contribution in [0.25, 0.3) is 0 Å². The molecule has 0 aromatic heterocycles. The summed E-state index contributed by atoms with van der Waals surface area (Å²) >= 11 is 0. The highest BCUT2D eigenvalue weighted by Crippen LogP contribution is 2.36. The fourth-order valence-electron chi connectivity index (χ4n) is 3.91. The maximum absolute atomic E-state index is 13.3. The first-order valence-corrected chi connectivity index (χ1v) is 9.60. The number of hydrazine groups is 1. The highest BCUT2D eigenvalue weighted by molar-refractivity contribution is 6.08. The molecule has 1 saturated heterocycles. The number of carbonyl (C=O) groups is 3. The van der Waals surface area contributed by atoms with Gasteiger partial charge in [-0.25, -0.2) is 5.01 Å². The quantitative estimate of drug-likeness (QED) is 0.329. The van der Waals surface area contributed by atoms with Gasteiger partial charge in [0.1, 0.15) is 0 Å². The zero-order valence-corrected chi connectivity index (χ0v) is 16.0. The molecule has 0 radical (unpaired) electrons. The monoisotopic (exact) mass is 405 g/mol. The van der Waals surface area contributed by atoms with Crippen molar-refractivity contribution in [1.82, 2.24) is 10.0 Å². The lowest BCUT2D eigenvalue weighted by Gasteiger charge is -2.30. The molecule has 0 bridgehead atoms. The molecule has 0 N–H and O–H groups in total. The van der Waals surface area contributed by atoms with Crippen LogP contribution >= 0.6 is 0 Å². The number of benzene rings is 2. The fourth-order valence-corrected chi connectivity index (χ4v) is 3.91. The fraction of sp³-hybridized carbons (Fsp3) is 0.227. The maximum Gasteiger partial charge on any atom is 0.273 e. The number of non-ortho nitro benzene ring substituents is 1. The molecule has 8 nitrogen and oxygen atoms in total. The predicted molar refractivity (Wildman–Crippen MR) is 107 cm³/mol. The third-order valence-corrected chi connectivity index (χ3v) is 5.44. The minimum Gasteiger partial charge on any atom is -0.272 e. The summed E-state index contributed by atoms with van der Waals surface area (Å²) in [6.07, 6.45) is 4.66. The Kier molecular flexibility index (Phi) is 5.14. The maximum atomic E-state index is 13.3. The van der Waals surface area contributed by atoms with Gasteiger partial charge in [0.05, 0.1) is 23.3 Å². The molecule has 2 aliphatic rings. The summed E-state index contributed by atoms with van der Waals surface area (Å²) in [5.41, 5.74) is 0.524. The van der Waals surface area contributed by atoms with E-state index >= 15 is 0 Å². The van der Waals surface area contributed by atoms with E-state index in [9.17, 15) is 24.5 Å². The number of rotatable bonds is 5. The van der Waals surface area contributed by atoms with E-state index in [2.05, 4.69) is 0 Å². The van der Waals surface area contributed by atoms with E-state index in [0.717, 1.165) is 21.6 Å². The van der Waals surface area contributed by atoms with Crippen LogP contribution in [0.4, 0.5) is 5.69 Å². The van der Waals surface area contributed by atoms with Gasteiger partial charge in [-0.2, -0.15) is 5.01 Å². The van der Waals surface area contributed by atoms with Crippen molar-refractivity contribution in [2.24, 2.45) is 11.8 Å². The summed E-state index contributed by atoms with van der Waals surface area (Å²) in [6, 6.07) is 14.3. The minimum absolute atomic E-state index is 0.00723. The van der Waals surface area contributed by atoms with E-state index in [4.69, 9.17) is 0 Å². The van der Waals surface area contributed by atoms with E-state index in [1.165, 1.54) is 18.2 Å². The number of hydrogen-bond acceptors (Lipinski definition) is 5. The molecule has 8 heteroatoms. The van der Waals surface area contributed by atoms with E-state index < -0.39 is 34.5 Å². The number of fused-ring (bicyclic) bond motifs is 1. The molecule has 1 heterocycles. The molecule has 3 amide bonds. The molecule has 1 aliphatic carbocycles. The Hall–Kier alpha value is -3.81. The second kappa shape index (κ2) is 7.90. The molecule has 2 aromatic carbocycles. The van der Waals surface area contributed by atoms with Crippen LogP contribution in [-0.2, 0) is 16.1 Å². The van der Waals surface area contributed by atoms with Gasteiger partial charge in [-0.3, -0.25) is 24.5 Å². The number of nitro benzene ring substituents is 1. The van der Waals surface area contributed by atoms with Crippen molar-refractivity contribution >= 4 is 23.4 Å². The Morgan fingerprint density at radius 3 is 2.23 bits per heavy atom. The Morgan fingerprint density at radius 1 is 1.00 bits per heavy atom. The molecule has 0 unspecified atom stereocenters. The smallest absolute Gasteiger partial charge is 0.272 e. The van der Waals surface area contributed by atoms with Gasteiger partial charge in [0.15, 0.2) is 0 Å². The molecule has 0 saturated carbocycles. The summed E-state index contributed by atoms with van der Waals surface area (Å²) < 4.78 is 0. The van der Waals surface area contributed by atoms with Crippen LogP contribution < -0.4 is 0 Å². The van der Waals surface area contributed by atoms with Crippen LogP contribution in [0.2, 0.25) is 0 Å². The van der Waals surface area contributed by atoms with Crippen LogP contribution in [0.15, 0.2) is 66.7 Å². The van der Waals surface area contributed by atoms with Crippen molar-refractivity contribution in [3.8, 4) is 0 Å². The topological polar surface area (TPSA) is 101 Å². The first kappa shape index (κ1) is 19.5. The summed E-state index contributed by atoms with van der Waals surface area (Å²) in [5, 5.41) is 13.2. The molecule has 30 heavy (non-hydrogen) atoms. The van der Waals surface area contributed by atoms with Crippen molar-refractivity contribution in [2.45, 2.75) is 19.4 Å². The van der Waals surface area contributed by atoms with Gasteiger partial charge >= 0.3 is 0 Å². The van der Waals surface area contributed by atoms with Gasteiger partial charge in [0.25, 0.3) is 23.4 Å². The van der Waals surface area contributed by atoms with Gasteiger partial charge < -0.3 is 0 Å². The zero-order valence-electron chi connectivity index (χ0n) is 16.0. The van der Waals surface area contributed by atoms with Crippen molar-refractivity contribution < 1.29 is 19.3 Å². The molecule has 152 valence electrons.